The molecule has 3 rings (SSSR count). The van der Waals surface area contributed by atoms with Gasteiger partial charge in [-0.05, 0) is 43.5 Å². The smallest absolute Gasteiger partial charge is 0.255 e. The van der Waals surface area contributed by atoms with E-state index in [0.717, 1.165) is 18.9 Å². The molecule has 1 amide bonds. The Kier molecular flexibility index (Phi) is 5.38. The normalized spacial score (nSPS) is 14.1. The molecule has 1 saturated heterocycles. The third-order valence-electron chi connectivity index (χ3n) is 4.30. The topological polar surface area (TPSA) is 63.7 Å². The van der Waals surface area contributed by atoms with E-state index in [1.807, 2.05) is 12.1 Å². The van der Waals surface area contributed by atoms with Crippen molar-refractivity contribution in [2.24, 2.45) is 0 Å². The fraction of sp³-hybridized carbons (Fsp3) is 0.368. The van der Waals surface area contributed by atoms with Crippen LogP contribution in [0.5, 0.6) is 11.5 Å². The van der Waals surface area contributed by atoms with Gasteiger partial charge in [-0.2, -0.15) is 0 Å². The van der Waals surface area contributed by atoms with Crippen molar-refractivity contribution in [3.05, 3.63) is 42.1 Å². The van der Waals surface area contributed by atoms with Crippen LogP contribution in [0.4, 0.5) is 11.5 Å². The fourth-order valence-corrected chi connectivity index (χ4v) is 2.91. The van der Waals surface area contributed by atoms with E-state index >= 15 is 0 Å². The molecule has 6 heteroatoms. The summed E-state index contributed by atoms with van der Waals surface area (Å²) in [6.45, 7) is 2.09. The first-order chi connectivity index (χ1) is 12.2. The summed E-state index contributed by atoms with van der Waals surface area (Å²) in [6, 6.07) is 8.91. The maximum absolute atomic E-state index is 12.5. The number of anilines is 2. The number of rotatable bonds is 5. The minimum Gasteiger partial charge on any atom is -0.497 e. The number of methoxy groups -OCH3 is 2. The van der Waals surface area contributed by atoms with Gasteiger partial charge < -0.3 is 19.7 Å². The van der Waals surface area contributed by atoms with Crippen molar-refractivity contribution in [2.75, 3.05) is 37.5 Å². The first kappa shape index (κ1) is 17.1. The lowest BCUT2D eigenvalue weighted by atomic mass is 10.1. The summed E-state index contributed by atoms with van der Waals surface area (Å²) in [5.41, 5.74) is 1.13. The van der Waals surface area contributed by atoms with E-state index in [-0.39, 0.29) is 5.91 Å². The summed E-state index contributed by atoms with van der Waals surface area (Å²) in [6.07, 6.45) is 5.39. The van der Waals surface area contributed by atoms with Crippen molar-refractivity contribution >= 4 is 17.4 Å². The second kappa shape index (κ2) is 7.88. The predicted molar refractivity (Wildman–Crippen MR) is 97.8 cm³/mol. The molecule has 1 N–H and O–H groups in total. The minimum atomic E-state index is -0.232. The Morgan fingerprint density at radius 1 is 1.04 bits per heavy atom. The number of nitrogens with zero attached hydrogens (tertiary/aromatic N) is 2. The van der Waals surface area contributed by atoms with Gasteiger partial charge in [-0.25, -0.2) is 4.98 Å². The highest BCUT2D eigenvalue weighted by Crippen LogP contribution is 2.24. The van der Waals surface area contributed by atoms with Gasteiger partial charge in [-0.1, -0.05) is 0 Å². The first-order valence-corrected chi connectivity index (χ1v) is 8.45. The molecule has 0 bridgehead atoms. The number of hydrogen-bond donors (Lipinski definition) is 1. The molecule has 1 aromatic carbocycles. The highest BCUT2D eigenvalue weighted by atomic mass is 16.5. The molecule has 1 fully saturated rings. The number of ether oxygens (including phenoxy) is 2. The minimum absolute atomic E-state index is 0.232. The molecule has 0 saturated carbocycles. The van der Waals surface area contributed by atoms with Crippen molar-refractivity contribution in [1.29, 1.82) is 0 Å². The monoisotopic (exact) mass is 341 g/mol. The van der Waals surface area contributed by atoms with E-state index in [2.05, 4.69) is 15.2 Å². The van der Waals surface area contributed by atoms with Crippen LogP contribution < -0.4 is 19.7 Å². The zero-order valence-corrected chi connectivity index (χ0v) is 14.6. The van der Waals surface area contributed by atoms with Crippen LogP contribution in [0.2, 0.25) is 0 Å². The van der Waals surface area contributed by atoms with Gasteiger partial charge in [0.05, 0.1) is 26.1 Å². The number of pyridine rings is 1. The molecule has 25 heavy (non-hydrogen) atoms. The summed E-state index contributed by atoms with van der Waals surface area (Å²) >= 11 is 0. The lowest BCUT2D eigenvalue weighted by Gasteiger charge is -2.27. The summed E-state index contributed by atoms with van der Waals surface area (Å²) in [5.74, 6) is 1.87. The third kappa shape index (κ3) is 4.21. The zero-order chi connectivity index (χ0) is 17.6. The molecule has 0 aliphatic carbocycles. The number of hydrogen-bond acceptors (Lipinski definition) is 5. The quantitative estimate of drug-likeness (QED) is 0.904. The number of benzene rings is 1. The lowest BCUT2D eigenvalue weighted by molar-refractivity contribution is 0.102. The van der Waals surface area contributed by atoms with Gasteiger partial charge in [0.1, 0.15) is 17.3 Å². The second-order valence-corrected chi connectivity index (χ2v) is 6.01. The highest BCUT2D eigenvalue weighted by Gasteiger charge is 2.13. The van der Waals surface area contributed by atoms with Crippen LogP contribution in [0.1, 0.15) is 29.6 Å². The molecule has 2 aromatic rings. The maximum Gasteiger partial charge on any atom is 0.255 e. The molecule has 0 atom stereocenters. The SMILES string of the molecule is COc1cc(OC)cc(C(=O)Nc2ccc(N3CCCCC3)nc2)c1. The summed E-state index contributed by atoms with van der Waals surface area (Å²) in [4.78, 5) is 19.2. The van der Waals surface area contributed by atoms with Gasteiger partial charge in [0, 0.05) is 24.7 Å². The van der Waals surface area contributed by atoms with Gasteiger partial charge >= 0.3 is 0 Å². The number of nitrogens with one attached hydrogen (secondary N) is 1. The van der Waals surface area contributed by atoms with Gasteiger partial charge in [0.2, 0.25) is 0 Å². The third-order valence-corrected chi connectivity index (χ3v) is 4.30. The Morgan fingerprint density at radius 2 is 1.72 bits per heavy atom. The van der Waals surface area contributed by atoms with Crippen LogP contribution in [0.25, 0.3) is 0 Å². The number of aromatic nitrogens is 1. The van der Waals surface area contributed by atoms with E-state index in [0.29, 0.717) is 22.7 Å². The first-order valence-electron chi connectivity index (χ1n) is 8.45. The Labute approximate surface area is 147 Å². The molecular weight excluding hydrogens is 318 g/mol. The molecule has 1 aliphatic rings. The van der Waals surface area contributed by atoms with E-state index in [1.54, 1.807) is 38.6 Å². The van der Waals surface area contributed by atoms with Crippen LogP contribution in [0.3, 0.4) is 0 Å². The Bertz CT molecular complexity index is 703. The van der Waals surface area contributed by atoms with Crippen LogP contribution in [-0.4, -0.2) is 38.2 Å². The van der Waals surface area contributed by atoms with Crippen LogP contribution in [0, 0.1) is 0 Å². The fourth-order valence-electron chi connectivity index (χ4n) is 2.91. The summed E-state index contributed by atoms with van der Waals surface area (Å²) < 4.78 is 10.4. The second-order valence-electron chi connectivity index (χ2n) is 6.01. The number of amides is 1. The van der Waals surface area contributed by atoms with Gasteiger partial charge in [0.25, 0.3) is 5.91 Å². The largest absolute Gasteiger partial charge is 0.497 e. The van der Waals surface area contributed by atoms with Gasteiger partial charge in [-0.3, -0.25) is 4.79 Å². The van der Waals surface area contributed by atoms with Gasteiger partial charge in [-0.15, -0.1) is 0 Å². The van der Waals surface area contributed by atoms with E-state index < -0.39 is 0 Å². The number of carbonyl (C=O) groups excluding carboxylic acids is 1. The number of carbonyl (C=O) groups is 1. The average Bonchev–Trinajstić information content (AvgIpc) is 2.68. The van der Waals surface area contributed by atoms with Crippen molar-refractivity contribution < 1.29 is 14.3 Å². The molecule has 132 valence electrons. The molecule has 0 unspecified atom stereocenters. The molecule has 2 heterocycles. The van der Waals surface area contributed by atoms with Gasteiger partial charge in [0.15, 0.2) is 0 Å². The van der Waals surface area contributed by atoms with Crippen molar-refractivity contribution in [3.8, 4) is 11.5 Å². The summed E-state index contributed by atoms with van der Waals surface area (Å²) in [7, 11) is 3.11. The van der Waals surface area contributed by atoms with Crippen molar-refractivity contribution in [3.63, 3.8) is 0 Å². The van der Waals surface area contributed by atoms with E-state index in [4.69, 9.17) is 9.47 Å². The van der Waals surface area contributed by atoms with Crippen LogP contribution in [-0.2, 0) is 0 Å². The Hall–Kier alpha value is -2.76. The molecule has 1 aliphatic heterocycles. The molecule has 6 nitrogen and oxygen atoms in total. The van der Waals surface area contributed by atoms with Crippen molar-refractivity contribution in [1.82, 2.24) is 4.98 Å². The lowest BCUT2D eigenvalue weighted by Crippen LogP contribution is -2.30. The van der Waals surface area contributed by atoms with Crippen LogP contribution >= 0.6 is 0 Å². The molecule has 1 aromatic heterocycles. The predicted octanol–water partition coefficient (Wildman–Crippen LogP) is 3.34. The standard InChI is InChI=1S/C19H23N3O3/c1-24-16-10-14(11-17(12-16)25-2)19(23)21-15-6-7-18(20-13-15)22-8-4-3-5-9-22/h6-7,10-13H,3-5,8-9H2,1-2H3,(H,21,23). The van der Waals surface area contributed by atoms with E-state index in [1.165, 1.54) is 19.3 Å². The molecule has 0 radical (unpaired) electrons. The van der Waals surface area contributed by atoms with Crippen LogP contribution in [0.15, 0.2) is 36.5 Å². The van der Waals surface area contributed by atoms with Crippen molar-refractivity contribution in [2.45, 2.75) is 19.3 Å². The van der Waals surface area contributed by atoms with E-state index in [9.17, 15) is 4.79 Å². The average molecular weight is 341 g/mol. The molecular formula is C19H23N3O3. The maximum atomic E-state index is 12.5. The molecule has 0 spiro atoms. The zero-order valence-electron chi connectivity index (χ0n) is 14.6. The Balaban J connectivity index is 1.70. The Morgan fingerprint density at radius 3 is 2.28 bits per heavy atom. The summed E-state index contributed by atoms with van der Waals surface area (Å²) in [5, 5.41) is 2.86. The highest BCUT2D eigenvalue weighted by molar-refractivity contribution is 6.04. The number of piperidine rings is 1.